The van der Waals surface area contributed by atoms with Crippen LogP contribution in [-0.2, 0) is 20.9 Å². The highest BCUT2D eigenvalue weighted by molar-refractivity contribution is 5.88. The summed E-state index contributed by atoms with van der Waals surface area (Å²) in [7, 11) is 1.63. The van der Waals surface area contributed by atoms with Gasteiger partial charge in [-0.2, -0.15) is 0 Å². The number of ether oxygens (including phenoxy) is 2. The summed E-state index contributed by atoms with van der Waals surface area (Å²) in [5.41, 5.74) is -0.155. The smallest absolute Gasteiger partial charge is 0.307 e. The minimum Gasteiger partial charge on any atom is -0.497 e. The van der Waals surface area contributed by atoms with Gasteiger partial charge in [-0.25, -0.2) is 0 Å². The zero-order valence-electron chi connectivity index (χ0n) is 15.2. The van der Waals surface area contributed by atoms with Crippen LogP contribution in [0.1, 0.15) is 46.1 Å². The number of carbonyl (C=O) groups is 2. The van der Waals surface area contributed by atoms with E-state index in [2.05, 4.69) is 0 Å². The lowest BCUT2D eigenvalue weighted by atomic mass is 9.85. The molecule has 0 bridgehead atoms. The van der Waals surface area contributed by atoms with Gasteiger partial charge >= 0.3 is 5.97 Å². The Bertz CT molecular complexity index is 603. The van der Waals surface area contributed by atoms with E-state index >= 15 is 0 Å². The SMILES string of the molecule is COc1ccc(CN2CCC(C)(CC(=O)OC(C)(C)C)C2=O)cc1. The summed E-state index contributed by atoms with van der Waals surface area (Å²) in [5, 5.41) is 0. The van der Waals surface area contributed by atoms with Gasteiger partial charge < -0.3 is 14.4 Å². The van der Waals surface area contributed by atoms with Crippen molar-refractivity contribution in [2.75, 3.05) is 13.7 Å². The summed E-state index contributed by atoms with van der Waals surface area (Å²) in [4.78, 5) is 26.7. The zero-order chi connectivity index (χ0) is 18.0. The zero-order valence-corrected chi connectivity index (χ0v) is 15.2. The Labute approximate surface area is 143 Å². The van der Waals surface area contributed by atoms with E-state index in [9.17, 15) is 9.59 Å². The number of carbonyl (C=O) groups excluding carboxylic acids is 2. The van der Waals surface area contributed by atoms with Crippen molar-refractivity contribution in [2.45, 2.75) is 52.7 Å². The molecule has 1 unspecified atom stereocenters. The molecule has 1 saturated heterocycles. The van der Waals surface area contributed by atoms with Crippen LogP contribution in [0, 0.1) is 5.41 Å². The van der Waals surface area contributed by atoms with E-state index in [0.29, 0.717) is 19.5 Å². The van der Waals surface area contributed by atoms with Gasteiger partial charge in [0.15, 0.2) is 0 Å². The second-order valence-corrected chi connectivity index (χ2v) is 7.65. The van der Waals surface area contributed by atoms with E-state index < -0.39 is 11.0 Å². The predicted molar refractivity (Wildman–Crippen MR) is 91.6 cm³/mol. The molecule has 5 heteroatoms. The number of likely N-dealkylation sites (tertiary alicyclic amines) is 1. The molecule has 5 nitrogen and oxygen atoms in total. The van der Waals surface area contributed by atoms with Crippen LogP contribution >= 0.6 is 0 Å². The van der Waals surface area contributed by atoms with Crippen LogP contribution < -0.4 is 4.74 Å². The van der Waals surface area contributed by atoms with Gasteiger partial charge in [0.05, 0.1) is 18.9 Å². The quantitative estimate of drug-likeness (QED) is 0.777. The molecule has 132 valence electrons. The first-order valence-corrected chi connectivity index (χ1v) is 8.27. The fourth-order valence-electron chi connectivity index (χ4n) is 2.93. The van der Waals surface area contributed by atoms with Crippen LogP contribution in [0.3, 0.4) is 0 Å². The van der Waals surface area contributed by atoms with E-state index in [1.807, 2.05) is 56.9 Å². The number of nitrogens with zero attached hydrogens (tertiary/aromatic N) is 1. The first kappa shape index (κ1) is 18.3. The standard InChI is InChI=1S/C19H27NO4/c1-18(2,3)24-16(21)12-19(4)10-11-20(17(19)22)13-14-6-8-15(23-5)9-7-14/h6-9H,10-13H2,1-5H3. The number of amides is 1. The lowest BCUT2D eigenvalue weighted by Gasteiger charge is -2.25. The monoisotopic (exact) mass is 333 g/mol. The summed E-state index contributed by atoms with van der Waals surface area (Å²) >= 11 is 0. The van der Waals surface area contributed by atoms with E-state index in [0.717, 1.165) is 11.3 Å². The molecule has 0 radical (unpaired) electrons. The first-order valence-electron chi connectivity index (χ1n) is 8.27. The van der Waals surface area contributed by atoms with E-state index in [1.165, 1.54) is 0 Å². The normalized spacial score (nSPS) is 21.0. The number of rotatable bonds is 5. The summed E-state index contributed by atoms with van der Waals surface area (Å²) in [6.45, 7) is 8.56. The Morgan fingerprint density at radius 3 is 2.42 bits per heavy atom. The van der Waals surface area contributed by atoms with Crippen molar-refractivity contribution in [3.63, 3.8) is 0 Å². The third-order valence-electron chi connectivity index (χ3n) is 4.22. The number of benzene rings is 1. The Morgan fingerprint density at radius 1 is 1.25 bits per heavy atom. The van der Waals surface area contributed by atoms with Crippen molar-refractivity contribution in [1.82, 2.24) is 4.90 Å². The third kappa shape index (κ3) is 4.49. The van der Waals surface area contributed by atoms with Crippen LogP contribution in [0.5, 0.6) is 5.75 Å². The Kier molecular flexibility index (Phi) is 5.21. The highest BCUT2D eigenvalue weighted by Crippen LogP contribution is 2.36. The largest absolute Gasteiger partial charge is 0.497 e. The van der Waals surface area contributed by atoms with E-state index in [1.54, 1.807) is 7.11 Å². The van der Waals surface area contributed by atoms with Gasteiger partial charge in [-0.05, 0) is 44.9 Å². The van der Waals surface area contributed by atoms with Crippen molar-refractivity contribution in [1.29, 1.82) is 0 Å². The van der Waals surface area contributed by atoms with Crippen molar-refractivity contribution in [3.8, 4) is 5.75 Å². The highest BCUT2D eigenvalue weighted by atomic mass is 16.6. The highest BCUT2D eigenvalue weighted by Gasteiger charge is 2.44. The van der Waals surface area contributed by atoms with Gasteiger partial charge in [0.2, 0.25) is 5.91 Å². The lowest BCUT2D eigenvalue weighted by Crippen LogP contribution is -2.35. The molecule has 1 atom stereocenters. The summed E-state index contributed by atoms with van der Waals surface area (Å²) < 4.78 is 10.5. The van der Waals surface area contributed by atoms with Gasteiger partial charge in [-0.15, -0.1) is 0 Å². The average Bonchev–Trinajstić information content (AvgIpc) is 2.74. The van der Waals surface area contributed by atoms with Crippen LogP contribution in [0.25, 0.3) is 0 Å². The third-order valence-corrected chi connectivity index (χ3v) is 4.22. The molecule has 2 rings (SSSR count). The minimum atomic E-state index is -0.672. The van der Waals surface area contributed by atoms with E-state index in [-0.39, 0.29) is 18.3 Å². The lowest BCUT2D eigenvalue weighted by molar-refractivity contribution is -0.160. The molecule has 1 aromatic carbocycles. The van der Waals surface area contributed by atoms with Gasteiger partial charge in [-0.1, -0.05) is 19.1 Å². The van der Waals surface area contributed by atoms with Gasteiger partial charge in [0.25, 0.3) is 0 Å². The summed E-state index contributed by atoms with van der Waals surface area (Å²) in [5.74, 6) is 0.495. The summed E-state index contributed by atoms with van der Waals surface area (Å²) in [6.07, 6.45) is 0.795. The van der Waals surface area contributed by atoms with Crippen molar-refractivity contribution in [3.05, 3.63) is 29.8 Å². The fourth-order valence-corrected chi connectivity index (χ4v) is 2.93. The molecule has 1 fully saturated rings. The molecule has 1 amide bonds. The topological polar surface area (TPSA) is 55.8 Å². The molecule has 1 aromatic rings. The van der Waals surface area contributed by atoms with Crippen LogP contribution in [0.15, 0.2) is 24.3 Å². The van der Waals surface area contributed by atoms with Crippen LogP contribution in [0.4, 0.5) is 0 Å². The molecule has 1 heterocycles. The maximum Gasteiger partial charge on any atom is 0.307 e. The number of esters is 1. The molecular weight excluding hydrogens is 306 g/mol. The van der Waals surface area contributed by atoms with Gasteiger partial charge in [-0.3, -0.25) is 9.59 Å². The molecular formula is C19H27NO4. The first-order chi connectivity index (χ1) is 11.1. The second-order valence-electron chi connectivity index (χ2n) is 7.65. The van der Waals surface area contributed by atoms with Crippen molar-refractivity contribution < 1.29 is 19.1 Å². The molecule has 0 saturated carbocycles. The maximum atomic E-state index is 12.7. The van der Waals surface area contributed by atoms with Gasteiger partial charge in [0.1, 0.15) is 11.4 Å². The Hall–Kier alpha value is -2.04. The number of hydrogen-bond donors (Lipinski definition) is 0. The van der Waals surface area contributed by atoms with Crippen molar-refractivity contribution in [2.24, 2.45) is 5.41 Å². The Morgan fingerprint density at radius 2 is 1.88 bits per heavy atom. The Balaban J connectivity index is 1.98. The molecule has 1 aliphatic heterocycles. The fraction of sp³-hybridized carbons (Fsp3) is 0.579. The number of methoxy groups -OCH3 is 1. The molecule has 0 aromatic heterocycles. The molecule has 0 aliphatic carbocycles. The maximum absolute atomic E-state index is 12.7. The average molecular weight is 333 g/mol. The molecule has 24 heavy (non-hydrogen) atoms. The molecule has 0 spiro atoms. The molecule has 1 aliphatic rings. The minimum absolute atomic E-state index is 0.0178. The summed E-state index contributed by atoms with van der Waals surface area (Å²) in [6, 6.07) is 7.68. The van der Waals surface area contributed by atoms with Crippen molar-refractivity contribution >= 4 is 11.9 Å². The molecule has 0 N–H and O–H groups in total. The van der Waals surface area contributed by atoms with E-state index in [4.69, 9.17) is 9.47 Å². The number of hydrogen-bond acceptors (Lipinski definition) is 4. The second kappa shape index (κ2) is 6.83. The van der Waals surface area contributed by atoms with Crippen LogP contribution in [-0.4, -0.2) is 36.0 Å². The van der Waals surface area contributed by atoms with Crippen LogP contribution in [0.2, 0.25) is 0 Å². The predicted octanol–water partition coefficient (Wildman–Crippen LogP) is 3.17. The van der Waals surface area contributed by atoms with Gasteiger partial charge in [0, 0.05) is 13.1 Å².